The molecule has 0 saturated heterocycles. The van der Waals surface area contributed by atoms with Crippen LogP contribution in [0.3, 0.4) is 0 Å². The smallest absolute Gasteiger partial charge is 0.128 e. The number of allylic oxidation sites excluding steroid dienone is 1. The van der Waals surface area contributed by atoms with E-state index in [0.29, 0.717) is 0 Å². The first-order valence-corrected chi connectivity index (χ1v) is 6.99. The molecule has 0 aliphatic carbocycles. The zero-order valence-electron chi connectivity index (χ0n) is 12.4. The third kappa shape index (κ3) is 3.81. The molecule has 1 aromatic carbocycles. The second-order valence-corrected chi connectivity index (χ2v) is 5.15. The number of nitrogens with zero attached hydrogens (tertiary/aromatic N) is 1. The van der Waals surface area contributed by atoms with E-state index in [1.807, 2.05) is 31.4 Å². The van der Waals surface area contributed by atoms with Crippen LogP contribution in [0.25, 0.3) is 10.8 Å². The summed E-state index contributed by atoms with van der Waals surface area (Å²) in [6.45, 7) is 5.13. The maximum Gasteiger partial charge on any atom is 0.128 e. The molecule has 0 spiro atoms. The van der Waals surface area contributed by atoms with Crippen LogP contribution in [0.4, 0.5) is 0 Å². The lowest BCUT2D eigenvalue weighted by Crippen LogP contribution is -2.21. The van der Waals surface area contributed by atoms with Crippen LogP contribution in [0.2, 0.25) is 0 Å². The minimum absolute atomic E-state index is 0.0891. The molecule has 1 heterocycles. The zero-order valence-corrected chi connectivity index (χ0v) is 12.4. The summed E-state index contributed by atoms with van der Waals surface area (Å²) in [5.74, 6) is 0.920. The highest BCUT2D eigenvalue weighted by molar-refractivity contribution is 5.87. The maximum atomic E-state index is 6.20. The normalized spacial score (nSPS) is 12.2. The molecule has 1 atom stereocenters. The van der Waals surface area contributed by atoms with Crippen molar-refractivity contribution in [3.05, 3.63) is 48.3 Å². The van der Waals surface area contributed by atoms with Crippen molar-refractivity contribution in [2.75, 3.05) is 13.6 Å². The fourth-order valence-electron chi connectivity index (χ4n) is 2.19. The average molecular weight is 270 g/mol. The Morgan fingerprint density at radius 1 is 1.35 bits per heavy atom. The highest BCUT2D eigenvalue weighted by Gasteiger charge is 2.09. The van der Waals surface area contributed by atoms with Crippen LogP contribution >= 0.6 is 0 Å². The summed E-state index contributed by atoms with van der Waals surface area (Å²) in [7, 11) is 1.96. The average Bonchev–Trinajstić information content (AvgIpc) is 2.44. The minimum atomic E-state index is 0.0891. The molecule has 0 amide bonds. The summed E-state index contributed by atoms with van der Waals surface area (Å²) in [5.41, 5.74) is 1.27. The van der Waals surface area contributed by atoms with Gasteiger partial charge in [0.2, 0.25) is 0 Å². The van der Waals surface area contributed by atoms with Gasteiger partial charge < -0.3 is 10.1 Å². The fraction of sp³-hybridized carbons (Fsp3) is 0.353. The van der Waals surface area contributed by atoms with E-state index in [9.17, 15) is 0 Å². The molecule has 1 aromatic heterocycles. The van der Waals surface area contributed by atoms with E-state index in [0.717, 1.165) is 29.5 Å². The molecular weight excluding hydrogens is 248 g/mol. The van der Waals surface area contributed by atoms with E-state index in [2.05, 4.69) is 36.3 Å². The first-order chi connectivity index (χ1) is 9.70. The number of aromatic nitrogens is 1. The first-order valence-electron chi connectivity index (χ1n) is 6.99. The van der Waals surface area contributed by atoms with Crippen molar-refractivity contribution in [1.29, 1.82) is 0 Å². The van der Waals surface area contributed by atoms with Crippen molar-refractivity contribution < 1.29 is 4.74 Å². The Balaban J connectivity index is 2.26. The van der Waals surface area contributed by atoms with E-state index >= 15 is 0 Å². The van der Waals surface area contributed by atoms with Crippen molar-refractivity contribution in [1.82, 2.24) is 10.3 Å². The molecule has 0 bridgehead atoms. The number of pyridine rings is 1. The second kappa shape index (κ2) is 7.06. The molecule has 20 heavy (non-hydrogen) atoms. The number of rotatable bonds is 6. The predicted molar refractivity (Wildman–Crippen MR) is 84.1 cm³/mol. The Kier molecular flexibility index (Phi) is 5.13. The highest BCUT2D eigenvalue weighted by atomic mass is 16.5. The van der Waals surface area contributed by atoms with Gasteiger partial charge >= 0.3 is 0 Å². The highest BCUT2D eigenvalue weighted by Crippen LogP contribution is 2.26. The van der Waals surface area contributed by atoms with Gasteiger partial charge in [0.1, 0.15) is 11.9 Å². The lowest BCUT2D eigenvalue weighted by molar-refractivity contribution is 0.240. The topological polar surface area (TPSA) is 34.1 Å². The van der Waals surface area contributed by atoms with Gasteiger partial charge in [-0.15, -0.1) is 0 Å². The van der Waals surface area contributed by atoms with Gasteiger partial charge in [0.25, 0.3) is 0 Å². The lowest BCUT2D eigenvalue weighted by Gasteiger charge is -2.18. The first kappa shape index (κ1) is 14.5. The second-order valence-electron chi connectivity index (χ2n) is 5.15. The van der Waals surface area contributed by atoms with Crippen molar-refractivity contribution in [3.8, 4) is 5.75 Å². The van der Waals surface area contributed by atoms with Gasteiger partial charge in [-0.3, -0.25) is 4.98 Å². The van der Waals surface area contributed by atoms with Crippen LogP contribution < -0.4 is 10.1 Å². The minimum Gasteiger partial charge on any atom is -0.486 e. The summed E-state index contributed by atoms with van der Waals surface area (Å²) in [5, 5.41) is 5.39. The molecule has 106 valence electrons. The van der Waals surface area contributed by atoms with E-state index in [4.69, 9.17) is 4.74 Å². The number of benzene rings is 1. The monoisotopic (exact) mass is 270 g/mol. The summed E-state index contributed by atoms with van der Waals surface area (Å²) in [6.07, 6.45) is 6.89. The van der Waals surface area contributed by atoms with Crippen LogP contribution in [0.1, 0.15) is 20.3 Å². The predicted octanol–water partition coefficient (Wildman–Crippen LogP) is 3.56. The molecule has 1 N–H and O–H groups in total. The van der Waals surface area contributed by atoms with Gasteiger partial charge in [-0.25, -0.2) is 0 Å². The molecule has 0 radical (unpaired) electrons. The van der Waals surface area contributed by atoms with Crippen molar-refractivity contribution in [3.63, 3.8) is 0 Å². The molecule has 3 heteroatoms. The third-order valence-corrected chi connectivity index (χ3v) is 3.12. The quantitative estimate of drug-likeness (QED) is 0.815. The number of fused-ring (bicyclic) bond motifs is 1. The summed E-state index contributed by atoms with van der Waals surface area (Å²) in [4.78, 5) is 4.15. The fourth-order valence-corrected chi connectivity index (χ4v) is 2.19. The Bertz CT molecular complexity index is 583. The molecule has 0 aliphatic heterocycles. The third-order valence-electron chi connectivity index (χ3n) is 3.12. The van der Waals surface area contributed by atoms with E-state index < -0.39 is 0 Å². The van der Waals surface area contributed by atoms with Crippen LogP contribution in [0.15, 0.2) is 48.3 Å². The van der Waals surface area contributed by atoms with Gasteiger partial charge in [-0.05, 0) is 45.6 Å². The van der Waals surface area contributed by atoms with E-state index in [1.165, 1.54) is 5.57 Å². The van der Waals surface area contributed by atoms with Gasteiger partial charge in [-0.1, -0.05) is 17.7 Å². The molecule has 0 aliphatic rings. The number of ether oxygens (including phenoxy) is 1. The Morgan fingerprint density at radius 3 is 2.95 bits per heavy atom. The Hall–Kier alpha value is -1.87. The van der Waals surface area contributed by atoms with E-state index in [1.54, 1.807) is 6.20 Å². The standard InChI is InChI=1S/C17H22N2O/c1-13(2)11-15(7-9-18-3)20-17-6-4-5-14-12-19-10-8-16(14)17/h4-6,8,10-12,15,18H,7,9H2,1-3H3. The van der Waals surface area contributed by atoms with E-state index in [-0.39, 0.29) is 6.10 Å². The summed E-state index contributed by atoms with van der Waals surface area (Å²) < 4.78 is 6.20. The summed E-state index contributed by atoms with van der Waals surface area (Å²) >= 11 is 0. The SMILES string of the molecule is CNCCC(C=C(C)C)Oc1cccc2cnccc12. The molecule has 0 fully saturated rings. The largest absolute Gasteiger partial charge is 0.486 e. The maximum absolute atomic E-state index is 6.20. The molecule has 0 saturated carbocycles. The lowest BCUT2D eigenvalue weighted by atomic mass is 10.1. The number of hydrogen-bond donors (Lipinski definition) is 1. The van der Waals surface area contributed by atoms with Crippen molar-refractivity contribution in [2.24, 2.45) is 0 Å². The van der Waals surface area contributed by atoms with Gasteiger partial charge in [0, 0.05) is 29.6 Å². The Labute approximate surface area is 120 Å². The van der Waals surface area contributed by atoms with Crippen LogP contribution in [-0.4, -0.2) is 24.7 Å². The summed E-state index contributed by atoms with van der Waals surface area (Å²) in [6, 6.07) is 8.09. The van der Waals surface area contributed by atoms with Gasteiger partial charge in [0.05, 0.1) is 0 Å². The van der Waals surface area contributed by atoms with Crippen LogP contribution in [0, 0.1) is 0 Å². The number of nitrogens with one attached hydrogen (secondary N) is 1. The van der Waals surface area contributed by atoms with Crippen LogP contribution in [-0.2, 0) is 0 Å². The Morgan fingerprint density at radius 2 is 2.20 bits per heavy atom. The molecule has 2 rings (SSSR count). The molecular formula is C17H22N2O. The molecule has 1 unspecified atom stereocenters. The van der Waals surface area contributed by atoms with Gasteiger partial charge in [-0.2, -0.15) is 0 Å². The molecule has 2 aromatic rings. The zero-order chi connectivity index (χ0) is 14.4. The molecule has 3 nitrogen and oxygen atoms in total. The van der Waals surface area contributed by atoms with Crippen molar-refractivity contribution >= 4 is 10.8 Å². The van der Waals surface area contributed by atoms with Crippen molar-refractivity contribution in [2.45, 2.75) is 26.4 Å². The van der Waals surface area contributed by atoms with Crippen LogP contribution in [0.5, 0.6) is 5.75 Å². The number of hydrogen-bond acceptors (Lipinski definition) is 3. The van der Waals surface area contributed by atoms with Gasteiger partial charge in [0.15, 0.2) is 0 Å².